The standard InChI is InChI=1S/C15H19NO2/c1-14(2)15(3,4)18-13(17-14)11-7-8-12-6-5-9-16(12)10-11/h5-10,13H,1-4H3. The van der Waals surface area contributed by atoms with Gasteiger partial charge in [0, 0.05) is 23.5 Å². The van der Waals surface area contributed by atoms with E-state index in [1.807, 2.05) is 12.3 Å². The molecule has 0 atom stereocenters. The van der Waals surface area contributed by atoms with E-state index >= 15 is 0 Å². The highest BCUT2D eigenvalue weighted by Crippen LogP contribution is 2.44. The summed E-state index contributed by atoms with van der Waals surface area (Å²) in [5.41, 5.74) is 1.65. The molecular formula is C15H19NO2. The van der Waals surface area contributed by atoms with Crippen LogP contribution in [0, 0.1) is 0 Å². The van der Waals surface area contributed by atoms with Gasteiger partial charge in [-0.2, -0.15) is 0 Å². The maximum atomic E-state index is 6.04. The van der Waals surface area contributed by atoms with E-state index in [0.717, 1.165) is 5.56 Å². The number of nitrogens with zero attached hydrogens (tertiary/aromatic N) is 1. The van der Waals surface area contributed by atoms with E-state index in [2.05, 4.69) is 56.5 Å². The van der Waals surface area contributed by atoms with Gasteiger partial charge in [-0.05, 0) is 45.9 Å². The summed E-state index contributed by atoms with van der Waals surface area (Å²) >= 11 is 0. The quantitative estimate of drug-likeness (QED) is 0.767. The largest absolute Gasteiger partial charge is 0.339 e. The molecule has 0 N–H and O–H groups in total. The lowest BCUT2D eigenvalue weighted by Crippen LogP contribution is -2.41. The molecule has 0 aromatic carbocycles. The predicted molar refractivity (Wildman–Crippen MR) is 70.5 cm³/mol. The monoisotopic (exact) mass is 245 g/mol. The Labute approximate surface area is 107 Å². The van der Waals surface area contributed by atoms with Crippen molar-refractivity contribution in [3.05, 3.63) is 42.2 Å². The van der Waals surface area contributed by atoms with Crippen molar-refractivity contribution < 1.29 is 9.47 Å². The van der Waals surface area contributed by atoms with Crippen molar-refractivity contribution >= 4 is 5.52 Å². The SMILES string of the molecule is CC1(C)OC(c2ccc3cccn3c2)OC1(C)C. The summed E-state index contributed by atoms with van der Waals surface area (Å²) in [6, 6.07) is 8.26. The summed E-state index contributed by atoms with van der Waals surface area (Å²) in [6.07, 6.45) is 3.81. The van der Waals surface area contributed by atoms with Crippen LogP contribution in [0.25, 0.3) is 5.52 Å². The first kappa shape index (κ1) is 11.8. The first-order valence-electron chi connectivity index (χ1n) is 6.31. The van der Waals surface area contributed by atoms with Gasteiger partial charge in [-0.25, -0.2) is 0 Å². The molecule has 0 radical (unpaired) electrons. The zero-order valence-electron chi connectivity index (χ0n) is 11.3. The molecule has 1 aliphatic heterocycles. The molecule has 2 aromatic rings. The van der Waals surface area contributed by atoms with Gasteiger partial charge in [0.1, 0.15) is 0 Å². The molecule has 3 nitrogen and oxygen atoms in total. The fourth-order valence-corrected chi connectivity index (χ4v) is 2.17. The maximum Gasteiger partial charge on any atom is 0.186 e. The fourth-order valence-electron chi connectivity index (χ4n) is 2.17. The van der Waals surface area contributed by atoms with Crippen LogP contribution in [0.4, 0.5) is 0 Å². The van der Waals surface area contributed by atoms with Gasteiger partial charge in [-0.3, -0.25) is 0 Å². The lowest BCUT2D eigenvalue weighted by molar-refractivity contribution is -0.0897. The molecular weight excluding hydrogens is 226 g/mol. The average molecular weight is 245 g/mol. The molecule has 18 heavy (non-hydrogen) atoms. The summed E-state index contributed by atoms with van der Waals surface area (Å²) in [4.78, 5) is 0. The number of rotatable bonds is 1. The summed E-state index contributed by atoms with van der Waals surface area (Å²) in [5, 5.41) is 0. The summed E-state index contributed by atoms with van der Waals surface area (Å²) in [7, 11) is 0. The molecule has 3 rings (SSSR count). The average Bonchev–Trinajstić information content (AvgIpc) is 2.80. The van der Waals surface area contributed by atoms with Crippen LogP contribution in [0.3, 0.4) is 0 Å². The molecule has 1 aliphatic rings. The highest BCUT2D eigenvalue weighted by atomic mass is 16.7. The predicted octanol–water partition coefficient (Wildman–Crippen LogP) is 3.54. The lowest BCUT2D eigenvalue weighted by atomic mass is 9.90. The van der Waals surface area contributed by atoms with Crippen molar-refractivity contribution in [3.63, 3.8) is 0 Å². The second-order valence-electron chi connectivity index (χ2n) is 5.89. The summed E-state index contributed by atoms with van der Waals surface area (Å²) in [5.74, 6) is 0. The van der Waals surface area contributed by atoms with Crippen molar-refractivity contribution in [2.24, 2.45) is 0 Å². The summed E-state index contributed by atoms with van der Waals surface area (Å²) in [6.45, 7) is 8.28. The van der Waals surface area contributed by atoms with E-state index in [1.54, 1.807) is 0 Å². The Bertz CT molecular complexity index is 567. The Kier molecular flexibility index (Phi) is 2.34. The smallest absolute Gasteiger partial charge is 0.186 e. The molecule has 1 saturated heterocycles. The molecule has 2 aromatic heterocycles. The first-order chi connectivity index (χ1) is 8.39. The van der Waals surface area contributed by atoms with Crippen LogP contribution in [0.1, 0.15) is 39.5 Å². The van der Waals surface area contributed by atoms with Gasteiger partial charge in [0.2, 0.25) is 0 Å². The molecule has 96 valence electrons. The first-order valence-corrected chi connectivity index (χ1v) is 6.31. The van der Waals surface area contributed by atoms with Crippen LogP contribution in [-0.4, -0.2) is 15.6 Å². The molecule has 0 spiro atoms. The zero-order valence-corrected chi connectivity index (χ0v) is 11.3. The fraction of sp³-hybridized carbons (Fsp3) is 0.467. The second kappa shape index (κ2) is 3.59. The van der Waals surface area contributed by atoms with Gasteiger partial charge in [0.05, 0.1) is 11.2 Å². The van der Waals surface area contributed by atoms with Crippen LogP contribution in [-0.2, 0) is 9.47 Å². The number of hydrogen-bond donors (Lipinski definition) is 0. The molecule has 3 heterocycles. The highest BCUT2D eigenvalue weighted by Gasteiger charge is 2.49. The third-order valence-corrected chi connectivity index (χ3v) is 4.07. The Morgan fingerprint density at radius 2 is 1.67 bits per heavy atom. The van der Waals surface area contributed by atoms with Gasteiger partial charge >= 0.3 is 0 Å². The molecule has 0 saturated carbocycles. The lowest BCUT2D eigenvalue weighted by Gasteiger charge is -2.30. The minimum atomic E-state index is -0.290. The number of hydrogen-bond acceptors (Lipinski definition) is 2. The van der Waals surface area contributed by atoms with Crippen molar-refractivity contribution in [1.82, 2.24) is 4.40 Å². The number of ether oxygens (including phenoxy) is 2. The number of fused-ring (bicyclic) bond motifs is 1. The van der Waals surface area contributed by atoms with Crippen LogP contribution < -0.4 is 0 Å². The second-order valence-corrected chi connectivity index (χ2v) is 5.89. The van der Waals surface area contributed by atoms with E-state index in [4.69, 9.17) is 9.47 Å². The van der Waals surface area contributed by atoms with E-state index in [0.29, 0.717) is 0 Å². The van der Waals surface area contributed by atoms with Crippen LogP contribution >= 0.6 is 0 Å². The molecule has 0 unspecified atom stereocenters. The van der Waals surface area contributed by atoms with Gasteiger partial charge in [0.15, 0.2) is 6.29 Å². The van der Waals surface area contributed by atoms with Gasteiger partial charge in [-0.1, -0.05) is 6.07 Å². The summed E-state index contributed by atoms with van der Waals surface area (Å²) < 4.78 is 14.2. The molecule has 0 aliphatic carbocycles. The molecule has 0 bridgehead atoms. The normalized spacial score (nSPS) is 22.7. The Morgan fingerprint density at radius 1 is 1.00 bits per heavy atom. The van der Waals surface area contributed by atoms with Crippen molar-refractivity contribution in [2.75, 3.05) is 0 Å². The van der Waals surface area contributed by atoms with Crippen molar-refractivity contribution in [3.8, 4) is 0 Å². The van der Waals surface area contributed by atoms with Crippen LogP contribution in [0.2, 0.25) is 0 Å². The van der Waals surface area contributed by atoms with Crippen LogP contribution in [0.5, 0.6) is 0 Å². The molecule has 3 heteroatoms. The van der Waals surface area contributed by atoms with Crippen molar-refractivity contribution in [2.45, 2.75) is 45.2 Å². The van der Waals surface area contributed by atoms with E-state index in [-0.39, 0.29) is 17.5 Å². The van der Waals surface area contributed by atoms with E-state index in [1.165, 1.54) is 5.52 Å². The number of pyridine rings is 1. The molecule has 0 amide bonds. The van der Waals surface area contributed by atoms with Crippen LogP contribution in [0.15, 0.2) is 36.7 Å². The van der Waals surface area contributed by atoms with Gasteiger partial charge < -0.3 is 13.9 Å². The number of aromatic nitrogens is 1. The molecule has 1 fully saturated rings. The van der Waals surface area contributed by atoms with E-state index in [9.17, 15) is 0 Å². The zero-order chi connectivity index (χ0) is 13.0. The van der Waals surface area contributed by atoms with Crippen molar-refractivity contribution in [1.29, 1.82) is 0 Å². The van der Waals surface area contributed by atoms with E-state index < -0.39 is 0 Å². The topological polar surface area (TPSA) is 22.9 Å². The van der Waals surface area contributed by atoms with Gasteiger partial charge in [0.25, 0.3) is 0 Å². The Hall–Kier alpha value is -1.32. The third-order valence-electron chi connectivity index (χ3n) is 4.07. The third kappa shape index (κ3) is 1.66. The minimum absolute atomic E-state index is 0.288. The maximum absolute atomic E-state index is 6.04. The Morgan fingerprint density at radius 3 is 2.33 bits per heavy atom. The van der Waals surface area contributed by atoms with Gasteiger partial charge in [-0.15, -0.1) is 0 Å². The Balaban J connectivity index is 1.96. The minimum Gasteiger partial charge on any atom is -0.339 e. The highest BCUT2D eigenvalue weighted by molar-refractivity contribution is 5.48.